The van der Waals surface area contributed by atoms with E-state index in [-0.39, 0.29) is 23.6 Å². The third-order valence-corrected chi connectivity index (χ3v) is 3.57. The Morgan fingerprint density at radius 2 is 2.14 bits per heavy atom. The van der Waals surface area contributed by atoms with Crippen molar-refractivity contribution in [2.45, 2.75) is 18.6 Å². The molecule has 1 aromatic carbocycles. The number of rotatable bonds is 3. The van der Waals surface area contributed by atoms with Gasteiger partial charge >= 0.3 is 5.69 Å². The molecule has 1 fully saturated rings. The Morgan fingerprint density at radius 3 is 2.71 bits per heavy atom. The molecule has 1 saturated heterocycles. The lowest BCUT2D eigenvalue weighted by Crippen LogP contribution is -2.43. The summed E-state index contributed by atoms with van der Waals surface area (Å²) in [6.07, 6.45) is -0.889. The van der Waals surface area contributed by atoms with Crippen LogP contribution in [-0.2, 0) is 4.79 Å². The van der Waals surface area contributed by atoms with Crippen molar-refractivity contribution >= 4 is 29.1 Å². The van der Waals surface area contributed by atoms with Gasteiger partial charge in [0.05, 0.1) is 11.0 Å². The van der Waals surface area contributed by atoms with Crippen molar-refractivity contribution in [3.05, 3.63) is 38.9 Å². The van der Waals surface area contributed by atoms with Crippen molar-refractivity contribution in [2.75, 3.05) is 6.54 Å². The zero-order valence-electron chi connectivity index (χ0n) is 10.7. The smallest absolute Gasteiger partial charge is 0.300 e. The number of aliphatic hydroxyl groups excluding tert-OH is 1. The summed E-state index contributed by atoms with van der Waals surface area (Å²) < 4.78 is 0. The number of nitrogens with two attached hydrogens (primary N) is 1. The van der Waals surface area contributed by atoms with Crippen molar-refractivity contribution in [3.63, 3.8) is 0 Å². The van der Waals surface area contributed by atoms with Gasteiger partial charge in [0.25, 0.3) is 5.91 Å². The SMILES string of the molecule is NC(=O)C1CC(O)CN1C(=O)c1cccc(Cl)c1[N+](=O)[O-]. The van der Waals surface area contributed by atoms with Crippen LogP contribution in [0, 0.1) is 10.1 Å². The second-order valence-corrected chi connectivity index (χ2v) is 5.07. The van der Waals surface area contributed by atoms with E-state index in [1.165, 1.54) is 18.2 Å². The van der Waals surface area contributed by atoms with Crippen molar-refractivity contribution in [1.82, 2.24) is 4.90 Å². The van der Waals surface area contributed by atoms with Gasteiger partial charge in [-0.05, 0) is 12.1 Å². The fraction of sp³-hybridized carbons (Fsp3) is 0.333. The van der Waals surface area contributed by atoms with Crippen molar-refractivity contribution in [1.29, 1.82) is 0 Å². The molecule has 112 valence electrons. The number of nitro benzene ring substituents is 1. The number of para-hydroxylation sites is 1. The molecule has 0 saturated carbocycles. The molecule has 0 bridgehead atoms. The molecular formula is C12H12ClN3O5. The summed E-state index contributed by atoms with van der Waals surface area (Å²) >= 11 is 5.75. The number of carbonyl (C=O) groups excluding carboxylic acids is 2. The van der Waals surface area contributed by atoms with Crippen LogP contribution in [-0.4, -0.2) is 45.4 Å². The van der Waals surface area contributed by atoms with Gasteiger partial charge in [0.15, 0.2) is 0 Å². The number of amides is 2. The molecule has 2 atom stereocenters. The first kappa shape index (κ1) is 15.2. The lowest BCUT2D eigenvalue weighted by molar-refractivity contribution is -0.385. The van der Waals surface area contributed by atoms with E-state index in [2.05, 4.69) is 0 Å². The molecule has 1 aromatic rings. The summed E-state index contributed by atoms with van der Waals surface area (Å²) in [7, 11) is 0. The van der Waals surface area contributed by atoms with E-state index in [1.54, 1.807) is 0 Å². The Bertz CT molecular complexity index is 621. The quantitative estimate of drug-likeness (QED) is 0.613. The molecule has 1 aliphatic rings. The average Bonchev–Trinajstić information content (AvgIpc) is 2.79. The number of primary amides is 1. The van der Waals surface area contributed by atoms with E-state index < -0.39 is 34.6 Å². The van der Waals surface area contributed by atoms with Crippen LogP contribution < -0.4 is 5.73 Å². The summed E-state index contributed by atoms with van der Waals surface area (Å²) in [6, 6.07) is 2.94. The van der Waals surface area contributed by atoms with Gasteiger partial charge in [0.1, 0.15) is 16.6 Å². The first-order valence-electron chi connectivity index (χ1n) is 6.04. The number of halogens is 1. The minimum Gasteiger partial charge on any atom is -0.391 e. The monoisotopic (exact) mass is 313 g/mol. The van der Waals surface area contributed by atoms with Gasteiger partial charge in [0, 0.05) is 13.0 Å². The number of nitro groups is 1. The van der Waals surface area contributed by atoms with Crippen LogP contribution in [0.1, 0.15) is 16.8 Å². The fourth-order valence-electron chi connectivity index (χ4n) is 2.34. The number of carbonyl (C=O) groups is 2. The molecule has 0 aromatic heterocycles. The van der Waals surface area contributed by atoms with Crippen LogP contribution in [0.3, 0.4) is 0 Å². The maximum atomic E-state index is 12.4. The van der Waals surface area contributed by atoms with E-state index in [0.717, 1.165) is 4.90 Å². The second kappa shape index (κ2) is 5.66. The first-order chi connectivity index (χ1) is 9.82. The van der Waals surface area contributed by atoms with Crippen LogP contribution in [0.25, 0.3) is 0 Å². The summed E-state index contributed by atoms with van der Waals surface area (Å²) in [5.74, 6) is -1.53. The number of hydrogen-bond donors (Lipinski definition) is 2. The van der Waals surface area contributed by atoms with E-state index in [4.69, 9.17) is 17.3 Å². The van der Waals surface area contributed by atoms with E-state index in [0.29, 0.717) is 0 Å². The Hall–Kier alpha value is -2.19. The number of nitrogens with zero attached hydrogens (tertiary/aromatic N) is 2. The maximum Gasteiger partial charge on any atom is 0.300 e. The highest BCUT2D eigenvalue weighted by atomic mass is 35.5. The summed E-state index contributed by atoms with van der Waals surface area (Å²) in [6.45, 7) is -0.115. The maximum absolute atomic E-state index is 12.4. The molecule has 0 aliphatic carbocycles. The van der Waals surface area contributed by atoms with Crippen LogP contribution in [0.5, 0.6) is 0 Å². The number of hydrogen-bond acceptors (Lipinski definition) is 5. The third kappa shape index (κ3) is 2.81. The Kier molecular flexibility index (Phi) is 4.10. The van der Waals surface area contributed by atoms with Gasteiger partial charge < -0.3 is 15.7 Å². The molecule has 9 heteroatoms. The molecule has 2 unspecified atom stereocenters. The normalized spacial score (nSPS) is 21.3. The molecule has 2 amide bonds. The largest absolute Gasteiger partial charge is 0.391 e. The summed E-state index contributed by atoms with van der Waals surface area (Å²) in [5, 5.41) is 20.5. The molecule has 8 nitrogen and oxygen atoms in total. The van der Waals surface area contributed by atoms with Gasteiger partial charge in [-0.3, -0.25) is 19.7 Å². The average molecular weight is 314 g/mol. The summed E-state index contributed by atoms with van der Waals surface area (Å²) in [4.78, 5) is 35.1. The van der Waals surface area contributed by atoms with Crippen LogP contribution >= 0.6 is 11.6 Å². The molecule has 1 heterocycles. The fourth-order valence-corrected chi connectivity index (χ4v) is 2.58. The molecule has 2 rings (SSSR count). The van der Waals surface area contributed by atoms with Crippen molar-refractivity contribution in [2.24, 2.45) is 5.73 Å². The Balaban J connectivity index is 2.43. The molecule has 0 spiro atoms. The standard InChI is InChI=1S/C12H12ClN3O5/c13-8-3-1-2-7(10(8)16(20)21)12(19)15-5-6(17)4-9(15)11(14)18/h1-3,6,9,17H,4-5H2,(H2,14,18). The van der Waals surface area contributed by atoms with Crippen molar-refractivity contribution < 1.29 is 19.6 Å². The molecule has 21 heavy (non-hydrogen) atoms. The highest BCUT2D eigenvalue weighted by molar-refractivity contribution is 6.33. The Labute approximate surface area is 124 Å². The van der Waals surface area contributed by atoms with Crippen LogP contribution in [0.15, 0.2) is 18.2 Å². The zero-order valence-corrected chi connectivity index (χ0v) is 11.5. The van der Waals surface area contributed by atoms with E-state index in [9.17, 15) is 24.8 Å². The van der Waals surface area contributed by atoms with Crippen molar-refractivity contribution in [3.8, 4) is 0 Å². The first-order valence-corrected chi connectivity index (χ1v) is 6.42. The third-order valence-electron chi connectivity index (χ3n) is 3.27. The van der Waals surface area contributed by atoms with Gasteiger partial charge in [0.2, 0.25) is 5.91 Å². The highest BCUT2D eigenvalue weighted by Gasteiger charge is 2.40. The van der Waals surface area contributed by atoms with Gasteiger partial charge in [-0.1, -0.05) is 17.7 Å². The summed E-state index contributed by atoms with van der Waals surface area (Å²) in [5.41, 5.74) is 4.41. The second-order valence-electron chi connectivity index (χ2n) is 4.66. The number of likely N-dealkylation sites (tertiary alicyclic amines) is 1. The Morgan fingerprint density at radius 1 is 1.48 bits per heavy atom. The number of aliphatic hydroxyl groups is 1. The topological polar surface area (TPSA) is 127 Å². The lowest BCUT2D eigenvalue weighted by Gasteiger charge is -2.21. The molecular weight excluding hydrogens is 302 g/mol. The van der Waals surface area contributed by atoms with Gasteiger partial charge in [-0.2, -0.15) is 0 Å². The lowest BCUT2D eigenvalue weighted by atomic mass is 10.1. The highest BCUT2D eigenvalue weighted by Crippen LogP contribution is 2.31. The molecule has 1 aliphatic heterocycles. The zero-order chi connectivity index (χ0) is 15.7. The van der Waals surface area contributed by atoms with Gasteiger partial charge in [-0.25, -0.2) is 0 Å². The van der Waals surface area contributed by atoms with E-state index in [1.807, 2.05) is 0 Å². The van der Waals surface area contributed by atoms with Crippen LogP contribution in [0.4, 0.5) is 5.69 Å². The van der Waals surface area contributed by atoms with E-state index >= 15 is 0 Å². The molecule has 0 radical (unpaired) electrons. The van der Waals surface area contributed by atoms with Gasteiger partial charge in [-0.15, -0.1) is 0 Å². The minimum atomic E-state index is -0.994. The predicted octanol–water partition coefficient (Wildman–Crippen LogP) is 0.309. The van der Waals surface area contributed by atoms with Crippen LogP contribution in [0.2, 0.25) is 5.02 Å². The predicted molar refractivity (Wildman–Crippen MR) is 72.7 cm³/mol. The number of β-amino-alcohol motifs (C(OH)–C–C–N with tert-alkyl or cyclic N) is 1. The molecule has 3 N–H and O–H groups in total. The number of benzene rings is 1. The minimum absolute atomic E-state index is 0.00936.